The van der Waals surface area contributed by atoms with Gasteiger partial charge in [-0.1, -0.05) is 0 Å². The number of H-pyrrole nitrogens is 1. The molecule has 5 heteroatoms. The SMILES string of the molecule is O=C(O)c1occc1CNCCc1cc[nH]c1. The Kier molecular flexibility index (Phi) is 3.62. The number of aromatic nitrogens is 1. The van der Waals surface area contributed by atoms with Crippen LogP contribution in [0.1, 0.15) is 21.7 Å². The van der Waals surface area contributed by atoms with Crippen LogP contribution >= 0.6 is 0 Å². The van der Waals surface area contributed by atoms with Gasteiger partial charge in [0.1, 0.15) is 0 Å². The van der Waals surface area contributed by atoms with E-state index in [0.29, 0.717) is 12.1 Å². The quantitative estimate of drug-likeness (QED) is 0.664. The van der Waals surface area contributed by atoms with Crippen LogP contribution < -0.4 is 5.32 Å². The number of nitrogens with one attached hydrogen (secondary N) is 2. The van der Waals surface area contributed by atoms with Gasteiger partial charge in [0.2, 0.25) is 5.76 Å². The number of carbonyl (C=O) groups is 1. The first-order valence-electron chi connectivity index (χ1n) is 5.39. The first-order valence-corrected chi connectivity index (χ1v) is 5.39. The predicted molar refractivity (Wildman–Crippen MR) is 61.9 cm³/mol. The van der Waals surface area contributed by atoms with Gasteiger partial charge in [0.05, 0.1) is 6.26 Å². The summed E-state index contributed by atoms with van der Waals surface area (Å²) in [7, 11) is 0. The van der Waals surface area contributed by atoms with E-state index in [1.54, 1.807) is 6.07 Å². The van der Waals surface area contributed by atoms with Crippen molar-refractivity contribution in [3.63, 3.8) is 0 Å². The average molecular weight is 234 g/mol. The second kappa shape index (κ2) is 5.36. The lowest BCUT2D eigenvalue weighted by Gasteiger charge is -2.02. The van der Waals surface area contributed by atoms with Crippen molar-refractivity contribution in [1.29, 1.82) is 0 Å². The maximum absolute atomic E-state index is 10.8. The fourth-order valence-corrected chi connectivity index (χ4v) is 1.63. The van der Waals surface area contributed by atoms with Gasteiger partial charge in [-0.05, 0) is 30.7 Å². The molecular weight excluding hydrogens is 220 g/mol. The molecule has 2 aromatic rings. The molecule has 0 radical (unpaired) electrons. The fourth-order valence-electron chi connectivity index (χ4n) is 1.63. The molecule has 3 N–H and O–H groups in total. The Morgan fingerprint density at radius 1 is 1.47 bits per heavy atom. The Morgan fingerprint density at radius 2 is 2.35 bits per heavy atom. The second-order valence-electron chi connectivity index (χ2n) is 3.73. The highest BCUT2D eigenvalue weighted by atomic mass is 16.4. The topological polar surface area (TPSA) is 78.3 Å². The molecule has 0 aliphatic carbocycles. The summed E-state index contributed by atoms with van der Waals surface area (Å²) in [5, 5.41) is 12.0. The summed E-state index contributed by atoms with van der Waals surface area (Å²) in [6.07, 6.45) is 6.13. The van der Waals surface area contributed by atoms with Crippen LogP contribution in [0.2, 0.25) is 0 Å². The molecule has 2 heterocycles. The Bertz CT molecular complexity index is 474. The third-order valence-corrected chi connectivity index (χ3v) is 2.51. The molecule has 0 aliphatic rings. The molecule has 0 bridgehead atoms. The van der Waals surface area contributed by atoms with E-state index in [-0.39, 0.29) is 5.76 Å². The number of furan rings is 1. The Balaban J connectivity index is 1.78. The molecule has 0 saturated heterocycles. The van der Waals surface area contributed by atoms with Crippen LogP contribution in [0.3, 0.4) is 0 Å². The molecule has 0 saturated carbocycles. The number of carboxylic acid groups (broad SMARTS) is 1. The third kappa shape index (κ3) is 2.98. The molecule has 0 spiro atoms. The van der Waals surface area contributed by atoms with E-state index in [0.717, 1.165) is 13.0 Å². The van der Waals surface area contributed by atoms with Crippen molar-refractivity contribution in [2.24, 2.45) is 0 Å². The first kappa shape index (κ1) is 11.5. The molecular formula is C12H14N2O3. The Morgan fingerprint density at radius 3 is 3.06 bits per heavy atom. The normalized spacial score (nSPS) is 10.6. The molecule has 90 valence electrons. The van der Waals surface area contributed by atoms with Gasteiger partial charge < -0.3 is 19.8 Å². The molecule has 0 unspecified atom stereocenters. The van der Waals surface area contributed by atoms with Gasteiger partial charge >= 0.3 is 5.97 Å². The molecule has 5 nitrogen and oxygen atoms in total. The molecule has 0 atom stereocenters. The monoisotopic (exact) mass is 234 g/mol. The summed E-state index contributed by atoms with van der Waals surface area (Å²) in [6.45, 7) is 1.30. The van der Waals surface area contributed by atoms with Crippen molar-refractivity contribution in [1.82, 2.24) is 10.3 Å². The van der Waals surface area contributed by atoms with Gasteiger partial charge in [-0.15, -0.1) is 0 Å². The Hall–Kier alpha value is -2.01. The Labute approximate surface area is 98.5 Å². The number of aromatic carboxylic acids is 1. The maximum Gasteiger partial charge on any atom is 0.372 e. The zero-order chi connectivity index (χ0) is 12.1. The zero-order valence-electron chi connectivity index (χ0n) is 9.27. The van der Waals surface area contributed by atoms with E-state index >= 15 is 0 Å². The third-order valence-electron chi connectivity index (χ3n) is 2.51. The number of hydrogen-bond acceptors (Lipinski definition) is 3. The fraction of sp³-hybridized carbons (Fsp3) is 0.250. The number of carboxylic acids is 1. The molecule has 2 rings (SSSR count). The number of rotatable bonds is 6. The maximum atomic E-state index is 10.8. The molecule has 0 fully saturated rings. The van der Waals surface area contributed by atoms with Gasteiger partial charge in [0, 0.05) is 24.5 Å². The summed E-state index contributed by atoms with van der Waals surface area (Å²) in [5.41, 5.74) is 1.90. The van der Waals surface area contributed by atoms with Crippen LogP contribution in [-0.4, -0.2) is 22.6 Å². The summed E-state index contributed by atoms with van der Waals surface area (Å²) < 4.78 is 4.88. The average Bonchev–Trinajstić information content (AvgIpc) is 2.95. The van der Waals surface area contributed by atoms with Crippen LogP contribution in [0.25, 0.3) is 0 Å². The van der Waals surface area contributed by atoms with Crippen LogP contribution in [0.15, 0.2) is 35.2 Å². The summed E-state index contributed by atoms with van der Waals surface area (Å²) in [6, 6.07) is 3.69. The lowest BCUT2D eigenvalue weighted by Crippen LogP contribution is -2.17. The highest BCUT2D eigenvalue weighted by Gasteiger charge is 2.12. The minimum absolute atomic E-state index is 0.0131. The highest BCUT2D eigenvalue weighted by Crippen LogP contribution is 2.09. The predicted octanol–water partition coefficient (Wildman–Crippen LogP) is 1.64. The van der Waals surface area contributed by atoms with E-state index in [4.69, 9.17) is 9.52 Å². The van der Waals surface area contributed by atoms with Gasteiger partial charge in [0.25, 0.3) is 0 Å². The molecule has 2 aromatic heterocycles. The van der Waals surface area contributed by atoms with Crippen molar-refractivity contribution in [3.05, 3.63) is 47.7 Å². The standard InChI is InChI=1S/C12H14N2O3/c15-12(16)11-10(3-6-17-11)8-14-5-2-9-1-4-13-7-9/h1,3-4,6-7,13-14H,2,5,8H2,(H,15,16). The van der Waals surface area contributed by atoms with E-state index < -0.39 is 5.97 Å². The van der Waals surface area contributed by atoms with Crippen molar-refractivity contribution in [2.75, 3.05) is 6.54 Å². The van der Waals surface area contributed by atoms with E-state index in [2.05, 4.69) is 10.3 Å². The lowest BCUT2D eigenvalue weighted by atomic mass is 10.2. The van der Waals surface area contributed by atoms with Crippen LogP contribution in [0.4, 0.5) is 0 Å². The molecule has 0 amide bonds. The summed E-state index contributed by atoms with van der Waals surface area (Å²) in [4.78, 5) is 13.8. The second-order valence-corrected chi connectivity index (χ2v) is 3.73. The van der Waals surface area contributed by atoms with E-state index in [1.807, 2.05) is 18.5 Å². The van der Waals surface area contributed by atoms with Gasteiger partial charge in [0.15, 0.2) is 0 Å². The van der Waals surface area contributed by atoms with Gasteiger partial charge in [-0.25, -0.2) is 4.79 Å². The highest BCUT2D eigenvalue weighted by molar-refractivity contribution is 5.86. The summed E-state index contributed by atoms with van der Waals surface area (Å²) >= 11 is 0. The van der Waals surface area contributed by atoms with E-state index in [1.165, 1.54) is 11.8 Å². The largest absolute Gasteiger partial charge is 0.475 e. The summed E-state index contributed by atoms with van der Waals surface area (Å²) in [5.74, 6) is -1.02. The number of aromatic amines is 1. The van der Waals surface area contributed by atoms with Crippen LogP contribution in [0.5, 0.6) is 0 Å². The van der Waals surface area contributed by atoms with Gasteiger partial charge in [-0.3, -0.25) is 0 Å². The van der Waals surface area contributed by atoms with Crippen molar-refractivity contribution < 1.29 is 14.3 Å². The minimum atomic E-state index is -1.03. The number of hydrogen-bond donors (Lipinski definition) is 3. The van der Waals surface area contributed by atoms with Crippen molar-refractivity contribution >= 4 is 5.97 Å². The minimum Gasteiger partial charge on any atom is -0.475 e. The smallest absolute Gasteiger partial charge is 0.372 e. The zero-order valence-corrected chi connectivity index (χ0v) is 9.27. The molecule has 0 aromatic carbocycles. The lowest BCUT2D eigenvalue weighted by molar-refractivity contribution is 0.0660. The van der Waals surface area contributed by atoms with Crippen molar-refractivity contribution in [2.45, 2.75) is 13.0 Å². The van der Waals surface area contributed by atoms with Gasteiger partial charge in [-0.2, -0.15) is 0 Å². The molecule has 17 heavy (non-hydrogen) atoms. The first-order chi connectivity index (χ1) is 8.27. The van der Waals surface area contributed by atoms with Crippen molar-refractivity contribution in [3.8, 4) is 0 Å². The van der Waals surface area contributed by atoms with Crippen LogP contribution in [-0.2, 0) is 13.0 Å². The molecule has 0 aliphatic heterocycles. The van der Waals surface area contributed by atoms with E-state index in [9.17, 15) is 4.79 Å². The van der Waals surface area contributed by atoms with Crippen LogP contribution in [0, 0.1) is 0 Å².